The molecule has 1 N–H and O–H groups in total. The van der Waals surface area contributed by atoms with Gasteiger partial charge in [0.15, 0.2) is 11.5 Å². The molecule has 0 atom stereocenters. The van der Waals surface area contributed by atoms with Crippen LogP contribution < -0.4 is 14.8 Å². The van der Waals surface area contributed by atoms with E-state index in [1.807, 2.05) is 12.1 Å². The predicted octanol–water partition coefficient (Wildman–Crippen LogP) is 7.51. The molecule has 0 fully saturated rings. The average Bonchev–Trinajstić information content (AvgIpc) is 2.76. The highest BCUT2D eigenvalue weighted by atomic mass is 35.5. The second-order valence-corrected chi connectivity index (χ2v) is 7.97. The SMILES string of the molecule is CCCCOc1cc2ncc(C#N)c(Nc3ccc(Cl)cc3Cl)c2cc1OCCCC. The van der Waals surface area contributed by atoms with Crippen molar-refractivity contribution in [2.75, 3.05) is 18.5 Å². The third-order valence-corrected chi connectivity index (χ3v) is 5.30. The number of aromatic nitrogens is 1. The number of hydrogen-bond donors (Lipinski definition) is 1. The van der Waals surface area contributed by atoms with Crippen LogP contribution in [0.1, 0.15) is 45.1 Å². The van der Waals surface area contributed by atoms with Crippen LogP contribution in [0.25, 0.3) is 10.9 Å². The fourth-order valence-corrected chi connectivity index (χ4v) is 3.48. The van der Waals surface area contributed by atoms with Gasteiger partial charge in [-0.15, -0.1) is 0 Å². The van der Waals surface area contributed by atoms with Crippen molar-refractivity contribution in [2.45, 2.75) is 39.5 Å². The lowest BCUT2D eigenvalue weighted by Crippen LogP contribution is -2.04. The van der Waals surface area contributed by atoms with E-state index in [1.54, 1.807) is 24.4 Å². The van der Waals surface area contributed by atoms with E-state index in [-0.39, 0.29) is 0 Å². The van der Waals surface area contributed by atoms with Crippen LogP contribution >= 0.6 is 23.2 Å². The minimum absolute atomic E-state index is 0.401. The zero-order chi connectivity index (χ0) is 22.2. The largest absolute Gasteiger partial charge is 0.490 e. The van der Waals surface area contributed by atoms with E-state index in [2.05, 4.69) is 30.2 Å². The summed E-state index contributed by atoms with van der Waals surface area (Å²) in [6.07, 6.45) is 5.51. The van der Waals surface area contributed by atoms with Crippen LogP contribution in [-0.2, 0) is 0 Å². The third-order valence-electron chi connectivity index (χ3n) is 4.76. The number of fused-ring (bicyclic) bond motifs is 1. The Morgan fingerprint density at radius 1 is 1.00 bits per heavy atom. The Morgan fingerprint density at radius 2 is 1.68 bits per heavy atom. The van der Waals surface area contributed by atoms with Crippen LogP contribution in [0.3, 0.4) is 0 Å². The molecule has 0 radical (unpaired) electrons. The number of unbranched alkanes of at least 4 members (excludes halogenated alkanes) is 2. The van der Waals surface area contributed by atoms with Crippen LogP contribution in [0.15, 0.2) is 36.5 Å². The zero-order valence-electron chi connectivity index (χ0n) is 17.7. The summed E-state index contributed by atoms with van der Waals surface area (Å²) in [5.74, 6) is 1.30. The summed E-state index contributed by atoms with van der Waals surface area (Å²) in [5.41, 5.74) is 2.35. The summed E-state index contributed by atoms with van der Waals surface area (Å²) >= 11 is 12.4. The molecule has 0 spiro atoms. The Kier molecular flexibility index (Phi) is 8.22. The molecular weight excluding hydrogens is 433 g/mol. The Balaban J connectivity index is 2.08. The van der Waals surface area contributed by atoms with Crippen LogP contribution in [-0.4, -0.2) is 18.2 Å². The topological polar surface area (TPSA) is 67.2 Å². The Hall–Kier alpha value is -2.68. The molecule has 0 aliphatic carbocycles. The fraction of sp³-hybridized carbons (Fsp3) is 0.333. The van der Waals surface area contributed by atoms with Crippen LogP contribution in [0.2, 0.25) is 10.0 Å². The number of halogens is 2. The van der Waals surface area contributed by atoms with Gasteiger partial charge in [0, 0.05) is 22.7 Å². The van der Waals surface area contributed by atoms with Crippen molar-refractivity contribution in [3.05, 3.63) is 52.1 Å². The monoisotopic (exact) mass is 457 g/mol. The maximum absolute atomic E-state index is 9.67. The van der Waals surface area contributed by atoms with Gasteiger partial charge in [-0.3, -0.25) is 4.98 Å². The molecule has 3 aromatic rings. The van der Waals surface area contributed by atoms with Gasteiger partial charge in [0.25, 0.3) is 0 Å². The van der Waals surface area contributed by atoms with Crippen molar-refractivity contribution in [3.8, 4) is 17.6 Å². The van der Waals surface area contributed by atoms with Crippen LogP contribution in [0, 0.1) is 11.3 Å². The third kappa shape index (κ3) is 5.72. The van der Waals surface area contributed by atoms with Gasteiger partial charge in [0.2, 0.25) is 0 Å². The number of benzene rings is 2. The van der Waals surface area contributed by atoms with Gasteiger partial charge in [0.1, 0.15) is 6.07 Å². The molecular formula is C24H25Cl2N3O2. The van der Waals surface area contributed by atoms with Gasteiger partial charge < -0.3 is 14.8 Å². The van der Waals surface area contributed by atoms with Gasteiger partial charge in [-0.1, -0.05) is 49.9 Å². The summed E-state index contributed by atoms with van der Waals surface area (Å²) < 4.78 is 12.0. The summed E-state index contributed by atoms with van der Waals surface area (Å²) in [6.45, 7) is 5.42. The van der Waals surface area contributed by atoms with Gasteiger partial charge >= 0.3 is 0 Å². The van der Waals surface area contributed by atoms with Gasteiger partial charge in [-0.2, -0.15) is 5.26 Å². The summed E-state index contributed by atoms with van der Waals surface area (Å²) in [4.78, 5) is 4.47. The molecule has 0 saturated carbocycles. The molecule has 3 rings (SSSR count). The van der Waals surface area contributed by atoms with Crippen molar-refractivity contribution in [1.82, 2.24) is 4.98 Å². The average molecular weight is 458 g/mol. The standard InChI is InChI=1S/C24H25Cl2N3O2/c1-3-5-9-30-22-12-18-21(13-23(22)31-10-6-4-2)28-15-16(14-27)24(18)29-20-8-7-17(25)11-19(20)26/h7-8,11-13,15H,3-6,9-10H2,1-2H3,(H,28,29). The zero-order valence-corrected chi connectivity index (χ0v) is 19.2. The van der Waals surface area contributed by atoms with Gasteiger partial charge in [-0.05, 0) is 37.1 Å². The van der Waals surface area contributed by atoms with Crippen molar-refractivity contribution in [1.29, 1.82) is 5.26 Å². The second-order valence-electron chi connectivity index (χ2n) is 7.13. The molecule has 0 aliphatic heterocycles. The van der Waals surface area contributed by atoms with E-state index in [0.717, 1.165) is 31.1 Å². The molecule has 1 heterocycles. The molecule has 0 saturated heterocycles. The molecule has 162 valence electrons. The van der Waals surface area contributed by atoms with Crippen molar-refractivity contribution < 1.29 is 9.47 Å². The quantitative estimate of drug-likeness (QED) is 0.318. The van der Waals surface area contributed by atoms with Crippen molar-refractivity contribution >= 4 is 45.5 Å². The van der Waals surface area contributed by atoms with E-state index in [0.29, 0.717) is 57.2 Å². The van der Waals surface area contributed by atoms with Crippen LogP contribution in [0.5, 0.6) is 11.5 Å². The maximum Gasteiger partial charge on any atom is 0.163 e. The van der Waals surface area contributed by atoms with E-state index in [9.17, 15) is 5.26 Å². The Bertz CT molecular complexity index is 1100. The number of anilines is 2. The first-order chi connectivity index (χ1) is 15.1. The van der Waals surface area contributed by atoms with Gasteiger partial charge in [-0.25, -0.2) is 0 Å². The normalized spacial score (nSPS) is 10.7. The van der Waals surface area contributed by atoms with E-state index < -0.39 is 0 Å². The lowest BCUT2D eigenvalue weighted by molar-refractivity contribution is 0.262. The summed E-state index contributed by atoms with van der Waals surface area (Å²) in [5, 5.41) is 14.7. The number of nitrogens with zero attached hydrogens (tertiary/aromatic N) is 2. The highest BCUT2D eigenvalue weighted by Gasteiger charge is 2.16. The van der Waals surface area contributed by atoms with E-state index >= 15 is 0 Å². The number of ether oxygens (including phenoxy) is 2. The molecule has 1 aromatic heterocycles. The van der Waals surface area contributed by atoms with Crippen molar-refractivity contribution in [2.24, 2.45) is 0 Å². The highest BCUT2D eigenvalue weighted by molar-refractivity contribution is 6.36. The number of nitrogens with one attached hydrogen (secondary N) is 1. The number of pyridine rings is 1. The minimum atomic E-state index is 0.401. The van der Waals surface area contributed by atoms with E-state index in [4.69, 9.17) is 32.7 Å². The fourth-order valence-electron chi connectivity index (χ4n) is 3.02. The number of rotatable bonds is 10. The lowest BCUT2D eigenvalue weighted by Gasteiger charge is -2.17. The molecule has 0 bridgehead atoms. The number of hydrogen-bond acceptors (Lipinski definition) is 5. The predicted molar refractivity (Wildman–Crippen MR) is 127 cm³/mol. The molecule has 0 unspecified atom stereocenters. The summed E-state index contributed by atoms with van der Waals surface area (Å²) in [6, 6.07) is 11.1. The highest BCUT2D eigenvalue weighted by Crippen LogP contribution is 2.38. The first-order valence-electron chi connectivity index (χ1n) is 10.4. The van der Waals surface area contributed by atoms with Crippen LogP contribution in [0.4, 0.5) is 11.4 Å². The summed E-state index contributed by atoms with van der Waals surface area (Å²) in [7, 11) is 0. The molecule has 7 heteroatoms. The first-order valence-corrected chi connectivity index (χ1v) is 11.2. The lowest BCUT2D eigenvalue weighted by atomic mass is 10.1. The first kappa shape index (κ1) is 23.0. The van der Waals surface area contributed by atoms with E-state index in [1.165, 1.54) is 0 Å². The molecule has 31 heavy (non-hydrogen) atoms. The van der Waals surface area contributed by atoms with Crippen molar-refractivity contribution in [3.63, 3.8) is 0 Å². The van der Waals surface area contributed by atoms with Gasteiger partial charge in [0.05, 0.1) is 40.7 Å². The molecule has 2 aromatic carbocycles. The maximum atomic E-state index is 9.67. The molecule has 0 aliphatic rings. The Morgan fingerprint density at radius 3 is 2.29 bits per heavy atom. The number of nitriles is 1. The molecule has 5 nitrogen and oxygen atoms in total. The molecule has 0 amide bonds. The minimum Gasteiger partial charge on any atom is -0.490 e. The second kappa shape index (κ2) is 11.1. The smallest absolute Gasteiger partial charge is 0.163 e. The Labute approximate surface area is 192 Å².